The van der Waals surface area contributed by atoms with E-state index in [-0.39, 0.29) is 47.2 Å². The zero-order valence-electron chi connectivity index (χ0n) is 45.2. The molecular weight excluding hydrogens is 1000 g/mol. The molecule has 30 unspecified atom stereocenters. The standard InChI is InChI=1S/C54H90O22/c1-24-32(59)35(62)38(65)44(69-24)74-41-27(21-56)72-46(40(67)37(41)64)75-42-33(60)25(2)70-47(43(42)76-45-39(66)36(63)34(61)26(20-55)71-45)73-31-11-12-49(5)28(50(31,6)22-57)9-13-51(7)29(49)10-14-54(68)30-19-48(3,4)15-17-53(30,23-58)18-16-52(51,54)8/h10,14,24-47,55-68H,9,11-13,15-23H2,1-8H3. The molecule has 0 bridgehead atoms. The van der Waals surface area contributed by atoms with Crippen molar-refractivity contribution in [2.45, 2.75) is 248 Å². The summed E-state index contributed by atoms with van der Waals surface area (Å²) in [7, 11) is 0. The molecule has 22 heteroatoms. The fourth-order valence-corrected chi connectivity index (χ4v) is 16.6. The second-order valence-corrected chi connectivity index (χ2v) is 26.4. The minimum atomic E-state index is -2.02. The van der Waals surface area contributed by atoms with Crippen molar-refractivity contribution < 1.29 is 109 Å². The van der Waals surface area contributed by atoms with Crippen LogP contribution in [0.4, 0.5) is 0 Å². The quantitative estimate of drug-likeness (QED) is 0.0776. The summed E-state index contributed by atoms with van der Waals surface area (Å²) in [4.78, 5) is 0. The molecule has 76 heavy (non-hydrogen) atoms. The van der Waals surface area contributed by atoms with E-state index in [1.807, 2.05) is 6.92 Å². The van der Waals surface area contributed by atoms with Crippen molar-refractivity contribution in [3.05, 3.63) is 12.2 Å². The first-order valence-electron chi connectivity index (χ1n) is 27.8. The summed E-state index contributed by atoms with van der Waals surface area (Å²) in [6, 6.07) is 0. The Morgan fingerprint density at radius 3 is 1.68 bits per heavy atom. The molecule has 22 nitrogen and oxygen atoms in total. The molecule has 0 spiro atoms. The van der Waals surface area contributed by atoms with Crippen LogP contribution in [0.15, 0.2) is 12.2 Å². The van der Waals surface area contributed by atoms with Crippen LogP contribution in [-0.4, -0.2) is 232 Å². The largest absolute Gasteiger partial charge is 0.396 e. The Kier molecular flexibility index (Phi) is 16.6. The van der Waals surface area contributed by atoms with Gasteiger partial charge in [-0.2, -0.15) is 0 Å². The predicted molar refractivity (Wildman–Crippen MR) is 263 cm³/mol. The second-order valence-electron chi connectivity index (χ2n) is 26.4. The lowest BCUT2D eigenvalue weighted by atomic mass is 9.31. The highest BCUT2D eigenvalue weighted by Gasteiger charge is 2.74. The van der Waals surface area contributed by atoms with Gasteiger partial charge < -0.3 is 109 Å². The molecule has 8 fully saturated rings. The lowest BCUT2D eigenvalue weighted by Gasteiger charge is -2.74. The maximum Gasteiger partial charge on any atom is 0.187 e. The van der Waals surface area contributed by atoms with Gasteiger partial charge in [0.25, 0.3) is 0 Å². The molecule has 0 aromatic carbocycles. The Morgan fingerprint density at radius 2 is 1.05 bits per heavy atom. The lowest BCUT2D eigenvalue weighted by Crippen LogP contribution is -2.73. The van der Waals surface area contributed by atoms with E-state index in [1.165, 1.54) is 13.8 Å². The van der Waals surface area contributed by atoms with E-state index >= 15 is 0 Å². The Labute approximate surface area is 444 Å². The van der Waals surface area contributed by atoms with Crippen LogP contribution in [0.5, 0.6) is 0 Å². The minimum absolute atomic E-state index is 0.00116. The fraction of sp³-hybridized carbons (Fsp3) is 0.963. The smallest absolute Gasteiger partial charge is 0.187 e. The van der Waals surface area contributed by atoms with Crippen molar-refractivity contribution in [1.82, 2.24) is 0 Å². The van der Waals surface area contributed by atoms with Gasteiger partial charge in [-0.15, -0.1) is 0 Å². The molecule has 0 amide bonds. The van der Waals surface area contributed by atoms with Gasteiger partial charge >= 0.3 is 0 Å². The third-order valence-electron chi connectivity index (χ3n) is 21.8. The summed E-state index contributed by atoms with van der Waals surface area (Å²) >= 11 is 0. The van der Waals surface area contributed by atoms with Crippen LogP contribution < -0.4 is 0 Å². The third kappa shape index (κ3) is 9.23. The first-order valence-corrected chi connectivity index (χ1v) is 27.8. The lowest BCUT2D eigenvalue weighted by molar-refractivity contribution is -0.403. The molecular formula is C54H90O22. The molecule has 4 aliphatic heterocycles. The van der Waals surface area contributed by atoms with Crippen molar-refractivity contribution in [1.29, 1.82) is 0 Å². The summed E-state index contributed by atoms with van der Waals surface area (Å²) in [5.74, 6) is -0.314. The molecule has 9 aliphatic rings. The van der Waals surface area contributed by atoms with Crippen LogP contribution in [0.2, 0.25) is 0 Å². The second kappa shape index (κ2) is 21.2. The van der Waals surface area contributed by atoms with Gasteiger partial charge in [0.1, 0.15) is 85.5 Å². The zero-order valence-corrected chi connectivity index (χ0v) is 45.2. The molecule has 0 aromatic rings. The molecule has 4 saturated heterocycles. The van der Waals surface area contributed by atoms with Crippen LogP contribution >= 0.6 is 0 Å². The van der Waals surface area contributed by atoms with Crippen LogP contribution in [0, 0.1) is 50.2 Å². The number of aliphatic hydroxyl groups excluding tert-OH is 13. The molecule has 5 aliphatic carbocycles. The number of hydrogen-bond acceptors (Lipinski definition) is 22. The Hall–Kier alpha value is -1.14. The molecule has 30 atom stereocenters. The minimum Gasteiger partial charge on any atom is -0.396 e. The predicted octanol–water partition coefficient (Wildman–Crippen LogP) is -1.56. The van der Waals surface area contributed by atoms with Gasteiger partial charge in [0.2, 0.25) is 0 Å². The highest BCUT2D eigenvalue weighted by Crippen LogP contribution is 2.76. The van der Waals surface area contributed by atoms with Crippen LogP contribution in [-0.2, 0) is 37.9 Å². The van der Waals surface area contributed by atoms with Gasteiger partial charge in [0.05, 0.1) is 43.7 Å². The summed E-state index contributed by atoms with van der Waals surface area (Å²) in [5, 5.41) is 156. The number of hydrogen-bond donors (Lipinski definition) is 14. The Balaban J connectivity index is 1.00. The average molecular weight is 1090 g/mol. The van der Waals surface area contributed by atoms with E-state index in [4.69, 9.17) is 37.9 Å². The number of rotatable bonds is 12. The molecule has 14 N–H and O–H groups in total. The Morgan fingerprint density at radius 1 is 0.500 bits per heavy atom. The van der Waals surface area contributed by atoms with Gasteiger partial charge in [-0.25, -0.2) is 0 Å². The Bertz CT molecular complexity index is 2050. The van der Waals surface area contributed by atoms with Gasteiger partial charge in [-0.05, 0) is 105 Å². The maximum atomic E-state index is 13.3. The van der Waals surface area contributed by atoms with Gasteiger partial charge in [-0.1, -0.05) is 53.7 Å². The van der Waals surface area contributed by atoms with Gasteiger partial charge in [0.15, 0.2) is 25.2 Å². The first-order chi connectivity index (χ1) is 35.6. The molecule has 0 aromatic heterocycles. The average Bonchev–Trinajstić information content (AvgIpc) is 3.58. The van der Waals surface area contributed by atoms with E-state index in [1.54, 1.807) is 0 Å². The van der Waals surface area contributed by atoms with E-state index in [0.29, 0.717) is 19.3 Å². The van der Waals surface area contributed by atoms with Gasteiger partial charge in [0, 0.05) is 23.4 Å². The monoisotopic (exact) mass is 1090 g/mol. The normalized spacial score (nSPS) is 57.2. The summed E-state index contributed by atoms with van der Waals surface area (Å²) < 4.78 is 49.2. The molecule has 438 valence electrons. The molecule has 9 rings (SSSR count). The van der Waals surface area contributed by atoms with Crippen LogP contribution in [0.3, 0.4) is 0 Å². The number of allylic oxidation sites excluding steroid dienone is 1. The van der Waals surface area contributed by atoms with Crippen molar-refractivity contribution in [2.24, 2.45) is 50.2 Å². The van der Waals surface area contributed by atoms with Crippen molar-refractivity contribution in [2.75, 3.05) is 26.4 Å². The van der Waals surface area contributed by atoms with Crippen LogP contribution in [0.25, 0.3) is 0 Å². The van der Waals surface area contributed by atoms with E-state index < -0.39 is 164 Å². The third-order valence-corrected chi connectivity index (χ3v) is 21.8. The highest BCUT2D eigenvalue weighted by atomic mass is 16.8. The molecule has 4 heterocycles. The van der Waals surface area contributed by atoms with E-state index in [9.17, 15) is 71.5 Å². The van der Waals surface area contributed by atoms with Crippen LogP contribution in [0.1, 0.15) is 113 Å². The fourth-order valence-electron chi connectivity index (χ4n) is 16.6. The highest BCUT2D eigenvalue weighted by molar-refractivity contribution is 5.32. The molecule has 0 radical (unpaired) electrons. The molecule has 4 saturated carbocycles. The number of aliphatic hydroxyl groups is 14. The van der Waals surface area contributed by atoms with E-state index in [2.05, 4.69) is 46.8 Å². The summed E-state index contributed by atoms with van der Waals surface area (Å²) in [5.41, 5.74) is -3.84. The maximum absolute atomic E-state index is 13.3. The zero-order chi connectivity index (χ0) is 55.6. The number of ether oxygens (including phenoxy) is 8. The van der Waals surface area contributed by atoms with Crippen molar-refractivity contribution >= 4 is 0 Å². The number of fused-ring (bicyclic) bond motifs is 7. The summed E-state index contributed by atoms with van der Waals surface area (Å²) in [6.07, 6.45) is -23.0. The van der Waals surface area contributed by atoms with Crippen molar-refractivity contribution in [3.63, 3.8) is 0 Å². The summed E-state index contributed by atoms with van der Waals surface area (Å²) in [6.45, 7) is 14.3. The topological polar surface area (TPSA) is 357 Å². The van der Waals surface area contributed by atoms with E-state index in [0.717, 1.165) is 38.5 Å². The van der Waals surface area contributed by atoms with Gasteiger partial charge in [-0.3, -0.25) is 0 Å². The van der Waals surface area contributed by atoms with Crippen molar-refractivity contribution in [3.8, 4) is 0 Å². The first kappa shape index (κ1) is 59.5. The SMILES string of the molecule is CC1OC(OC2C(CO)OC(OC3C(O)C(C)OC(OC4CCC5(C)C(CCC6(C)C5C=CC5(O)C7CC(C)(C)CCC7(CO)CCC56C)C4(C)CO)C3OC3OC(CO)C(O)C(O)C3O)C(O)C2O)C(O)C(O)C1O.